The fourth-order valence-corrected chi connectivity index (χ4v) is 3.28. The third-order valence-corrected chi connectivity index (χ3v) is 4.55. The van der Waals surface area contributed by atoms with Gasteiger partial charge in [0.25, 0.3) is 0 Å². The Morgan fingerprint density at radius 2 is 1.74 bits per heavy atom. The molecule has 0 spiro atoms. The van der Waals surface area contributed by atoms with E-state index in [1.165, 1.54) is 0 Å². The second-order valence-electron chi connectivity index (χ2n) is 5.86. The summed E-state index contributed by atoms with van der Waals surface area (Å²) in [5.74, 6) is 2.56. The van der Waals surface area contributed by atoms with E-state index in [0.29, 0.717) is 5.75 Å². The first-order valence-electron chi connectivity index (χ1n) is 7.76. The van der Waals surface area contributed by atoms with E-state index in [2.05, 4.69) is 0 Å². The summed E-state index contributed by atoms with van der Waals surface area (Å²) in [7, 11) is 3.27. The molecular weight excluding hydrogens is 292 g/mol. The van der Waals surface area contributed by atoms with Gasteiger partial charge in [-0.15, -0.1) is 0 Å². The van der Waals surface area contributed by atoms with E-state index in [0.717, 1.165) is 46.6 Å². The highest BCUT2D eigenvalue weighted by molar-refractivity contribution is 5.62. The van der Waals surface area contributed by atoms with Crippen LogP contribution >= 0.6 is 0 Å². The van der Waals surface area contributed by atoms with Gasteiger partial charge in [0.1, 0.15) is 29.1 Å². The van der Waals surface area contributed by atoms with E-state index >= 15 is 0 Å². The van der Waals surface area contributed by atoms with Crippen molar-refractivity contribution in [3.05, 3.63) is 46.5 Å². The van der Waals surface area contributed by atoms with Crippen LogP contribution in [-0.4, -0.2) is 19.3 Å². The van der Waals surface area contributed by atoms with Gasteiger partial charge in [-0.25, -0.2) is 0 Å². The van der Waals surface area contributed by atoms with E-state index in [1.807, 2.05) is 38.1 Å². The van der Waals surface area contributed by atoms with Gasteiger partial charge >= 0.3 is 0 Å². The molecule has 0 amide bonds. The Labute approximate surface area is 136 Å². The topological polar surface area (TPSA) is 47.9 Å². The van der Waals surface area contributed by atoms with Gasteiger partial charge in [-0.1, -0.05) is 12.1 Å². The van der Waals surface area contributed by atoms with Crippen molar-refractivity contribution >= 4 is 0 Å². The molecule has 1 N–H and O–H groups in total. The number of phenolic OH excluding ortho intramolecular Hbond substituents is 1. The van der Waals surface area contributed by atoms with E-state index in [4.69, 9.17) is 14.2 Å². The van der Waals surface area contributed by atoms with Crippen LogP contribution in [0, 0.1) is 13.8 Å². The van der Waals surface area contributed by atoms with Gasteiger partial charge in [-0.2, -0.15) is 0 Å². The second kappa shape index (κ2) is 6.03. The first-order chi connectivity index (χ1) is 11.1. The number of rotatable bonds is 3. The lowest BCUT2D eigenvalue weighted by atomic mass is 9.92. The number of methoxy groups -OCH3 is 2. The summed E-state index contributed by atoms with van der Waals surface area (Å²) in [6.45, 7) is 3.84. The molecule has 4 heteroatoms. The SMILES string of the molecule is COc1ccc(C2CCc3c(O)c(C)c(OC)c(C)c3O2)cc1. The van der Waals surface area contributed by atoms with Crippen molar-refractivity contribution in [1.82, 2.24) is 0 Å². The largest absolute Gasteiger partial charge is 0.507 e. The average Bonchev–Trinajstić information content (AvgIpc) is 2.60. The van der Waals surface area contributed by atoms with Crippen molar-refractivity contribution in [2.24, 2.45) is 0 Å². The summed E-state index contributed by atoms with van der Waals surface area (Å²) >= 11 is 0. The van der Waals surface area contributed by atoms with Crippen LogP contribution < -0.4 is 14.2 Å². The highest BCUT2D eigenvalue weighted by atomic mass is 16.5. The minimum absolute atomic E-state index is 0.0288. The van der Waals surface area contributed by atoms with Crippen molar-refractivity contribution in [3.8, 4) is 23.0 Å². The van der Waals surface area contributed by atoms with Gasteiger partial charge in [0.2, 0.25) is 0 Å². The van der Waals surface area contributed by atoms with E-state index < -0.39 is 0 Å². The number of fused-ring (bicyclic) bond motifs is 1. The first-order valence-corrected chi connectivity index (χ1v) is 7.76. The van der Waals surface area contributed by atoms with Gasteiger partial charge in [0.15, 0.2) is 0 Å². The zero-order chi connectivity index (χ0) is 16.6. The fraction of sp³-hybridized carbons (Fsp3) is 0.368. The Kier molecular flexibility index (Phi) is 4.07. The van der Waals surface area contributed by atoms with Gasteiger partial charge in [0.05, 0.1) is 14.2 Å². The molecule has 2 aromatic rings. The predicted octanol–water partition coefficient (Wildman–Crippen LogP) is 4.09. The zero-order valence-corrected chi connectivity index (χ0v) is 14.0. The lowest BCUT2D eigenvalue weighted by Crippen LogP contribution is -2.17. The molecule has 2 aromatic carbocycles. The Morgan fingerprint density at radius 3 is 2.35 bits per heavy atom. The third kappa shape index (κ3) is 2.58. The van der Waals surface area contributed by atoms with E-state index in [-0.39, 0.29) is 11.9 Å². The van der Waals surface area contributed by atoms with Gasteiger partial charge in [-0.3, -0.25) is 0 Å². The van der Waals surface area contributed by atoms with Crippen molar-refractivity contribution in [2.75, 3.05) is 14.2 Å². The molecule has 0 aliphatic carbocycles. The quantitative estimate of drug-likeness (QED) is 0.927. The van der Waals surface area contributed by atoms with Gasteiger partial charge < -0.3 is 19.3 Å². The monoisotopic (exact) mass is 314 g/mol. The summed E-state index contributed by atoms with van der Waals surface area (Å²) in [6, 6.07) is 7.92. The van der Waals surface area contributed by atoms with Crippen molar-refractivity contribution in [2.45, 2.75) is 32.8 Å². The molecular formula is C19H22O4. The summed E-state index contributed by atoms with van der Waals surface area (Å²) in [4.78, 5) is 0. The number of aromatic hydroxyl groups is 1. The maximum absolute atomic E-state index is 10.4. The molecule has 0 radical (unpaired) electrons. The molecule has 0 saturated carbocycles. The lowest BCUT2D eigenvalue weighted by Gasteiger charge is -2.30. The third-order valence-electron chi connectivity index (χ3n) is 4.55. The standard InChI is InChI=1S/C19H22O4/c1-11-17(20)15-9-10-16(13-5-7-14(21-3)8-6-13)23-19(15)12(2)18(11)22-4/h5-8,16,20H,9-10H2,1-4H3. The smallest absolute Gasteiger partial charge is 0.133 e. The number of ether oxygens (including phenoxy) is 3. The summed E-state index contributed by atoms with van der Waals surface area (Å²) < 4.78 is 16.9. The molecule has 1 unspecified atom stereocenters. The van der Waals surface area contributed by atoms with Crippen molar-refractivity contribution < 1.29 is 19.3 Å². The average molecular weight is 314 g/mol. The van der Waals surface area contributed by atoms with Crippen LogP contribution in [0.3, 0.4) is 0 Å². The maximum Gasteiger partial charge on any atom is 0.133 e. The molecule has 1 heterocycles. The Morgan fingerprint density at radius 1 is 1.04 bits per heavy atom. The molecule has 0 bridgehead atoms. The molecule has 0 aromatic heterocycles. The Balaban J connectivity index is 1.98. The molecule has 0 saturated heterocycles. The van der Waals surface area contributed by atoms with Crippen molar-refractivity contribution in [3.63, 3.8) is 0 Å². The second-order valence-corrected chi connectivity index (χ2v) is 5.86. The zero-order valence-electron chi connectivity index (χ0n) is 14.0. The molecule has 1 atom stereocenters. The summed E-state index contributed by atoms with van der Waals surface area (Å²) in [5, 5.41) is 10.4. The Hall–Kier alpha value is -2.36. The van der Waals surface area contributed by atoms with Gasteiger partial charge in [0, 0.05) is 16.7 Å². The van der Waals surface area contributed by atoms with Crippen molar-refractivity contribution in [1.29, 1.82) is 0 Å². The minimum atomic E-state index is -0.0288. The van der Waals surface area contributed by atoms with Gasteiger partial charge in [-0.05, 0) is 44.4 Å². The van der Waals surface area contributed by atoms with Crippen LogP contribution in [-0.2, 0) is 6.42 Å². The Bertz CT molecular complexity index is 719. The lowest BCUT2D eigenvalue weighted by molar-refractivity contribution is 0.172. The number of benzene rings is 2. The molecule has 23 heavy (non-hydrogen) atoms. The predicted molar refractivity (Wildman–Crippen MR) is 88.8 cm³/mol. The van der Waals surface area contributed by atoms with Crippen LogP contribution in [0.1, 0.15) is 34.8 Å². The normalized spacial score (nSPS) is 16.4. The fourth-order valence-electron chi connectivity index (χ4n) is 3.28. The van der Waals surface area contributed by atoms with Crippen LogP contribution in [0.25, 0.3) is 0 Å². The molecule has 3 rings (SSSR count). The number of phenols is 1. The van der Waals surface area contributed by atoms with Crippen LogP contribution in [0.15, 0.2) is 24.3 Å². The molecule has 122 valence electrons. The number of hydrogen-bond acceptors (Lipinski definition) is 4. The highest BCUT2D eigenvalue weighted by Crippen LogP contribution is 2.47. The van der Waals surface area contributed by atoms with E-state index in [9.17, 15) is 5.11 Å². The summed E-state index contributed by atoms with van der Waals surface area (Å²) in [6.07, 6.45) is 1.58. The molecule has 0 fully saturated rings. The molecule has 1 aliphatic rings. The minimum Gasteiger partial charge on any atom is -0.507 e. The highest BCUT2D eigenvalue weighted by Gasteiger charge is 2.28. The maximum atomic E-state index is 10.4. The van der Waals surface area contributed by atoms with Crippen LogP contribution in [0.4, 0.5) is 0 Å². The summed E-state index contributed by atoms with van der Waals surface area (Å²) in [5.41, 5.74) is 3.70. The first kappa shape index (κ1) is 15.5. The number of hydrogen-bond donors (Lipinski definition) is 1. The molecule has 1 aliphatic heterocycles. The molecule has 4 nitrogen and oxygen atoms in total. The van der Waals surface area contributed by atoms with E-state index in [1.54, 1.807) is 14.2 Å². The van der Waals surface area contributed by atoms with Crippen LogP contribution in [0.5, 0.6) is 23.0 Å². The van der Waals surface area contributed by atoms with Crippen LogP contribution in [0.2, 0.25) is 0 Å².